The van der Waals surface area contributed by atoms with Gasteiger partial charge in [0.1, 0.15) is 11.5 Å². The molecule has 0 saturated carbocycles. The minimum absolute atomic E-state index is 0.0576. The summed E-state index contributed by atoms with van der Waals surface area (Å²) in [4.78, 5) is 16.2. The molecule has 0 aromatic heterocycles. The van der Waals surface area contributed by atoms with Crippen LogP contribution < -0.4 is 9.47 Å². The SMILES string of the molecule is COc1ccc([C@H]2CCCN2C(=O)[C@H](C)Sc2ccccc2)c(OC)c1. The van der Waals surface area contributed by atoms with Crippen LogP contribution in [0.2, 0.25) is 0 Å². The first-order valence-corrected chi connectivity index (χ1v) is 9.76. The molecule has 4 nitrogen and oxygen atoms in total. The van der Waals surface area contributed by atoms with E-state index in [-0.39, 0.29) is 17.2 Å². The molecule has 0 aliphatic carbocycles. The Labute approximate surface area is 159 Å². The van der Waals surface area contributed by atoms with Crippen molar-refractivity contribution in [2.24, 2.45) is 0 Å². The second-order valence-corrected chi connectivity index (χ2v) is 7.78. The summed E-state index contributed by atoms with van der Waals surface area (Å²) in [5, 5.41) is -0.123. The van der Waals surface area contributed by atoms with Gasteiger partial charge in [0.05, 0.1) is 25.5 Å². The van der Waals surface area contributed by atoms with Gasteiger partial charge in [0.15, 0.2) is 0 Å². The van der Waals surface area contributed by atoms with Gasteiger partial charge in [-0.25, -0.2) is 0 Å². The summed E-state index contributed by atoms with van der Waals surface area (Å²) in [5.74, 6) is 1.71. The molecule has 1 aliphatic heterocycles. The lowest BCUT2D eigenvalue weighted by Gasteiger charge is -2.28. The van der Waals surface area contributed by atoms with Crippen LogP contribution in [0.4, 0.5) is 0 Å². The smallest absolute Gasteiger partial charge is 0.236 e. The number of carbonyl (C=O) groups excluding carboxylic acids is 1. The number of ether oxygens (including phenoxy) is 2. The molecule has 138 valence electrons. The van der Waals surface area contributed by atoms with Gasteiger partial charge in [-0.1, -0.05) is 18.2 Å². The number of nitrogens with zero attached hydrogens (tertiary/aromatic N) is 1. The highest BCUT2D eigenvalue weighted by Gasteiger charge is 2.34. The summed E-state index contributed by atoms with van der Waals surface area (Å²) in [7, 11) is 3.30. The number of likely N-dealkylation sites (tertiary alicyclic amines) is 1. The molecule has 3 rings (SSSR count). The fourth-order valence-corrected chi connectivity index (χ4v) is 4.39. The van der Waals surface area contributed by atoms with E-state index in [1.165, 1.54) is 0 Å². The third-order valence-electron chi connectivity index (χ3n) is 4.74. The Morgan fingerprint density at radius 3 is 2.62 bits per heavy atom. The van der Waals surface area contributed by atoms with Gasteiger partial charge in [-0.15, -0.1) is 11.8 Å². The zero-order valence-corrected chi connectivity index (χ0v) is 16.3. The molecule has 1 heterocycles. The van der Waals surface area contributed by atoms with E-state index in [1.807, 2.05) is 60.4 Å². The van der Waals surface area contributed by atoms with E-state index in [1.54, 1.807) is 26.0 Å². The zero-order chi connectivity index (χ0) is 18.5. The maximum atomic E-state index is 13.1. The second-order valence-electron chi connectivity index (χ2n) is 6.37. The van der Waals surface area contributed by atoms with E-state index < -0.39 is 0 Å². The molecule has 0 N–H and O–H groups in total. The maximum absolute atomic E-state index is 13.1. The Morgan fingerprint density at radius 1 is 1.15 bits per heavy atom. The third kappa shape index (κ3) is 3.98. The normalized spacial score (nSPS) is 17.8. The Hall–Kier alpha value is -2.14. The average Bonchev–Trinajstić information content (AvgIpc) is 3.17. The van der Waals surface area contributed by atoms with E-state index in [0.29, 0.717) is 0 Å². The lowest BCUT2D eigenvalue weighted by Crippen LogP contribution is -2.36. The Morgan fingerprint density at radius 2 is 1.92 bits per heavy atom. The van der Waals surface area contributed by atoms with Crippen molar-refractivity contribution in [1.82, 2.24) is 4.90 Å². The first-order valence-electron chi connectivity index (χ1n) is 8.88. The van der Waals surface area contributed by atoms with E-state index in [9.17, 15) is 4.79 Å². The number of methoxy groups -OCH3 is 2. The molecule has 0 unspecified atom stereocenters. The average molecular weight is 372 g/mol. The van der Waals surface area contributed by atoms with Crippen molar-refractivity contribution in [2.45, 2.75) is 36.0 Å². The Kier molecular flexibility index (Phi) is 6.09. The molecule has 2 atom stereocenters. The molecule has 1 saturated heterocycles. The van der Waals surface area contributed by atoms with Crippen LogP contribution in [-0.2, 0) is 4.79 Å². The van der Waals surface area contributed by atoms with Crippen molar-refractivity contribution in [2.75, 3.05) is 20.8 Å². The standard InChI is InChI=1S/C21H25NO3S/c1-15(26-17-8-5-4-6-9-17)21(23)22-13-7-10-19(22)18-12-11-16(24-2)14-20(18)25-3/h4-6,8-9,11-12,14-15,19H,7,10,13H2,1-3H3/t15-,19+/m0/s1. The topological polar surface area (TPSA) is 38.8 Å². The number of amides is 1. The molecule has 26 heavy (non-hydrogen) atoms. The summed E-state index contributed by atoms with van der Waals surface area (Å²) in [5.41, 5.74) is 1.05. The highest BCUT2D eigenvalue weighted by atomic mass is 32.2. The summed E-state index contributed by atoms with van der Waals surface area (Å²) >= 11 is 1.61. The van der Waals surface area contributed by atoms with E-state index in [0.717, 1.165) is 41.3 Å². The third-order valence-corrected chi connectivity index (χ3v) is 5.84. The lowest BCUT2D eigenvalue weighted by atomic mass is 10.0. The van der Waals surface area contributed by atoms with Gasteiger partial charge in [0.25, 0.3) is 0 Å². The highest BCUT2D eigenvalue weighted by Crippen LogP contribution is 2.40. The van der Waals surface area contributed by atoms with Gasteiger partial charge >= 0.3 is 0 Å². The first kappa shape index (κ1) is 18.6. The van der Waals surface area contributed by atoms with Crippen LogP contribution in [0.1, 0.15) is 31.4 Å². The van der Waals surface area contributed by atoms with Gasteiger partial charge in [0, 0.05) is 23.1 Å². The molecule has 1 fully saturated rings. The van der Waals surface area contributed by atoms with Crippen molar-refractivity contribution in [3.63, 3.8) is 0 Å². The van der Waals surface area contributed by atoms with Gasteiger partial charge in [-0.05, 0) is 44.0 Å². The second kappa shape index (κ2) is 8.49. The van der Waals surface area contributed by atoms with Crippen LogP contribution in [0.25, 0.3) is 0 Å². The van der Waals surface area contributed by atoms with E-state index >= 15 is 0 Å². The fourth-order valence-electron chi connectivity index (χ4n) is 3.43. The van der Waals surface area contributed by atoms with Gasteiger partial charge in [0.2, 0.25) is 5.91 Å². The van der Waals surface area contributed by atoms with Crippen LogP contribution in [-0.4, -0.2) is 36.8 Å². The predicted octanol–water partition coefficient (Wildman–Crippen LogP) is 4.55. The summed E-state index contributed by atoms with van der Waals surface area (Å²) in [6.45, 7) is 2.78. The number of hydrogen-bond donors (Lipinski definition) is 0. The highest BCUT2D eigenvalue weighted by molar-refractivity contribution is 8.00. The number of hydrogen-bond acceptors (Lipinski definition) is 4. The van der Waals surface area contributed by atoms with Crippen LogP contribution in [0.3, 0.4) is 0 Å². The van der Waals surface area contributed by atoms with Crippen molar-refractivity contribution in [3.05, 3.63) is 54.1 Å². The van der Waals surface area contributed by atoms with Crippen LogP contribution in [0.5, 0.6) is 11.5 Å². The van der Waals surface area contributed by atoms with E-state index in [2.05, 4.69) is 0 Å². The van der Waals surface area contributed by atoms with E-state index in [4.69, 9.17) is 9.47 Å². The molecule has 0 radical (unpaired) electrons. The molecule has 5 heteroatoms. The number of thioether (sulfide) groups is 1. The largest absolute Gasteiger partial charge is 0.497 e. The molecule has 2 aromatic carbocycles. The van der Waals surface area contributed by atoms with Crippen LogP contribution in [0, 0.1) is 0 Å². The first-order chi connectivity index (χ1) is 12.6. The van der Waals surface area contributed by atoms with Gasteiger partial charge in [-0.2, -0.15) is 0 Å². The Balaban J connectivity index is 1.78. The molecular weight excluding hydrogens is 346 g/mol. The molecule has 1 amide bonds. The minimum Gasteiger partial charge on any atom is -0.497 e. The van der Waals surface area contributed by atoms with Crippen molar-refractivity contribution >= 4 is 17.7 Å². The monoisotopic (exact) mass is 371 g/mol. The van der Waals surface area contributed by atoms with Crippen molar-refractivity contribution < 1.29 is 14.3 Å². The fraction of sp³-hybridized carbons (Fsp3) is 0.381. The Bertz CT molecular complexity index is 750. The summed E-state index contributed by atoms with van der Waals surface area (Å²) < 4.78 is 10.9. The zero-order valence-electron chi connectivity index (χ0n) is 15.5. The quantitative estimate of drug-likeness (QED) is 0.699. The lowest BCUT2D eigenvalue weighted by molar-refractivity contribution is -0.131. The number of rotatable bonds is 6. The van der Waals surface area contributed by atoms with Crippen molar-refractivity contribution in [3.8, 4) is 11.5 Å². The van der Waals surface area contributed by atoms with Gasteiger partial charge < -0.3 is 14.4 Å². The number of carbonyl (C=O) groups is 1. The van der Waals surface area contributed by atoms with Crippen molar-refractivity contribution in [1.29, 1.82) is 0 Å². The number of benzene rings is 2. The molecule has 2 aromatic rings. The van der Waals surface area contributed by atoms with Gasteiger partial charge in [-0.3, -0.25) is 4.79 Å². The molecule has 0 bridgehead atoms. The van der Waals surface area contributed by atoms with Crippen LogP contribution in [0.15, 0.2) is 53.4 Å². The molecular formula is C21H25NO3S. The predicted molar refractivity (Wildman–Crippen MR) is 105 cm³/mol. The molecule has 0 spiro atoms. The minimum atomic E-state index is -0.123. The summed E-state index contributed by atoms with van der Waals surface area (Å²) in [6, 6.07) is 16.0. The maximum Gasteiger partial charge on any atom is 0.236 e. The van der Waals surface area contributed by atoms with Crippen LogP contribution >= 0.6 is 11.8 Å². The molecule has 1 aliphatic rings. The summed E-state index contributed by atoms with van der Waals surface area (Å²) in [6.07, 6.45) is 1.96.